The fourth-order valence-corrected chi connectivity index (χ4v) is 5.83. The van der Waals surface area contributed by atoms with E-state index in [0.717, 1.165) is 62.1 Å². The molecule has 1 aliphatic carbocycles. The molecule has 0 radical (unpaired) electrons. The van der Waals surface area contributed by atoms with Gasteiger partial charge in [0.1, 0.15) is 0 Å². The average molecular weight is 595 g/mol. The first-order valence-electron chi connectivity index (χ1n) is 15.7. The summed E-state index contributed by atoms with van der Waals surface area (Å²) in [4.78, 5) is 5.71. The SMILES string of the molecule is C=C1CC=CN(c2ccccc2)/C2=C/C=C/C=C(c3cccc(-c4c(/C=C\C)cccc[nH]c5ccccc45)c3)/C=C\C=C/C=C/12. The Morgan fingerprint density at radius 1 is 0.739 bits per heavy atom. The van der Waals surface area contributed by atoms with Gasteiger partial charge in [-0.25, -0.2) is 0 Å². The van der Waals surface area contributed by atoms with Gasteiger partial charge in [-0.2, -0.15) is 0 Å². The first-order chi connectivity index (χ1) is 22.7. The van der Waals surface area contributed by atoms with E-state index in [1.807, 2.05) is 18.3 Å². The van der Waals surface area contributed by atoms with Crippen molar-refractivity contribution in [2.45, 2.75) is 13.3 Å². The van der Waals surface area contributed by atoms with Crippen molar-refractivity contribution in [1.29, 1.82) is 0 Å². The lowest BCUT2D eigenvalue weighted by Gasteiger charge is -2.24. The number of para-hydroxylation sites is 2. The van der Waals surface area contributed by atoms with Crippen LogP contribution in [0.2, 0.25) is 0 Å². The fourth-order valence-electron chi connectivity index (χ4n) is 5.83. The van der Waals surface area contributed by atoms with Crippen LogP contribution in [-0.4, -0.2) is 4.98 Å². The molecular weight excluding hydrogens is 556 g/mol. The minimum Gasteiger partial charge on any atom is -0.361 e. The van der Waals surface area contributed by atoms with Crippen LogP contribution in [0.25, 0.3) is 33.7 Å². The Kier molecular flexibility index (Phi) is 9.67. The number of aromatic amines is 1. The number of fused-ring (bicyclic) bond motifs is 2. The van der Waals surface area contributed by atoms with E-state index in [1.54, 1.807) is 0 Å². The second-order valence-corrected chi connectivity index (χ2v) is 11.1. The maximum Gasteiger partial charge on any atom is 0.0530 e. The number of aromatic nitrogens is 1. The lowest BCUT2D eigenvalue weighted by molar-refractivity contribution is 1.17. The van der Waals surface area contributed by atoms with Crippen LogP contribution < -0.4 is 4.90 Å². The molecule has 2 heteroatoms. The number of nitrogens with one attached hydrogen (secondary N) is 1. The zero-order valence-electron chi connectivity index (χ0n) is 26.2. The van der Waals surface area contributed by atoms with E-state index in [2.05, 4.69) is 187 Å². The Labute approximate surface area is 272 Å². The van der Waals surface area contributed by atoms with Crippen molar-refractivity contribution in [3.05, 3.63) is 211 Å². The molecule has 46 heavy (non-hydrogen) atoms. The highest BCUT2D eigenvalue weighted by Crippen LogP contribution is 2.34. The lowest BCUT2D eigenvalue weighted by atomic mass is 9.93. The van der Waals surface area contributed by atoms with Gasteiger partial charge in [-0.15, -0.1) is 0 Å². The molecule has 1 N–H and O–H groups in total. The number of benzene rings is 3. The molecule has 3 aromatic carbocycles. The molecule has 0 fully saturated rings. The topological polar surface area (TPSA) is 19.0 Å². The first kappa shape index (κ1) is 30.2. The van der Waals surface area contributed by atoms with Crippen LogP contribution in [0.1, 0.15) is 24.5 Å². The Hall–Kier alpha value is -5.86. The largest absolute Gasteiger partial charge is 0.361 e. The van der Waals surface area contributed by atoms with Crippen LogP contribution in [0.15, 0.2) is 200 Å². The number of allylic oxidation sites excluding steroid dienone is 13. The lowest BCUT2D eigenvalue weighted by Crippen LogP contribution is -2.16. The summed E-state index contributed by atoms with van der Waals surface area (Å²) >= 11 is 0. The van der Waals surface area contributed by atoms with Crippen molar-refractivity contribution >= 4 is 28.2 Å². The molecule has 1 aromatic heterocycles. The summed E-state index contributed by atoms with van der Waals surface area (Å²) in [7, 11) is 0. The fraction of sp³-hybridized carbons (Fsp3) is 0.0455. The normalized spacial score (nSPS) is 20.4. The van der Waals surface area contributed by atoms with E-state index >= 15 is 0 Å². The third-order valence-corrected chi connectivity index (χ3v) is 8.01. The number of H-pyrrole nitrogens is 1. The van der Waals surface area contributed by atoms with Crippen molar-refractivity contribution < 1.29 is 0 Å². The summed E-state index contributed by atoms with van der Waals surface area (Å²) in [5, 5.41) is 1.16. The summed E-state index contributed by atoms with van der Waals surface area (Å²) in [6.45, 7) is 6.47. The number of rotatable bonds is 4. The maximum atomic E-state index is 4.41. The third-order valence-electron chi connectivity index (χ3n) is 8.01. The molecule has 0 unspecified atom stereocenters. The van der Waals surface area contributed by atoms with E-state index in [0.29, 0.717) is 0 Å². The Balaban J connectivity index is 1.46. The van der Waals surface area contributed by atoms with Crippen LogP contribution in [0.3, 0.4) is 0 Å². The highest BCUT2D eigenvalue weighted by Gasteiger charge is 2.18. The van der Waals surface area contributed by atoms with Gasteiger partial charge >= 0.3 is 0 Å². The molecule has 2 nitrogen and oxygen atoms in total. The molecule has 0 saturated carbocycles. The van der Waals surface area contributed by atoms with Gasteiger partial charge in [-0.3, -0.25) is 0 Å². The van der Waals surface area contributed by atoms with Crippen molar-refractivity contribution in [1.82, 2.24) is 4.98 Å². The second kappa shape index (κ2) is 14.7. The first-order valence-corrected chi connectivity index (χ1v) is 15.7. The van der Waals surface area contributed by atoms with E-state index in [4.69, 9.17) is 0 Å². The molecule has 224 valence electrons. The second-order valence-electron chi connectivity index (χ2n) is 11.1. The predicted octanol–water partition coefficient (Wildman–Crippen LogP) is 11.8. The molecule has 0 spiro atoms. The van der Waals surface area contributed by atoms with Gasteiger partial charge in [-0.05, 0) is 83.2 Å². The Morgan fingerprint density at radius 2 is 1.52 bits per heavy atom. The third kappa shape index (κ3) is 6.93. The minimum atomic E-state index is 0.805. The molecule has 2 heterocycles. The summed E-state index contributed by atoms with van der Waals surface area (Å²) < 4.78 is 0. The number of anilines is 1. The maximum absolute atomic E-state index is 4.41. The smallest absolute Gasteiger partial charge is 0.0530 e. The van der Waals surface area contributed by atoms with Crippen LogP contribution >= 0.6 is 0 Å². The monoisotopic (exact) mass is 594 g/mol. The summed E-state index contributed by atoms with van der Waals surface area (Å²) in [6.07, 6.45) is 30.7. The Bertz CT molecular complexity index is 2040. The van der Waals surface area contributed by atoms with E-state index < -0.39 is 0 Å². The van der Waals surface area contributed by atoms with Crippen LogP contribution in [0, 0.1) is 0 Å². The van der Waals surface area contributed by atoms with Crippen molar-refractivity contribution in [3.63, 3.8) is 0 Å². The number of hydrogen-bond acceptors (Lipinski definition) is 1. The number of hydrogen-bond donors (Lipinski definition) is 1. The number of nitrogens with zero attached hydrogens (tertiary/aromatic N) is 1. The van der Waals surface area contributed by atoms with E-state index in [9.17, 15) is 0 Å². The average Bonchev–Trinajstić information content (AvgIpc) is 3.17. The van der Waals surface area contributed by atoms with Crippen LogP contribution in [-0.2, 0) is 0 Å². The highest BCUT2D eigenvalue weighted by atomic mass is 15.1. The van der Waals surface area contributed by atoms with E-state index in [-0.39, 0.29) is 0 Å². The van der Waals surface area contributed by atoms with Gasteiger partial charge in [-0.1, -0.05) is 140 Å². The quantitative estimate of drug-likeness (QED) is 0.249. The zero-order chi connectivity index (χ0) is 31.6. The standard InChI is InChI=1S/C44H38N2/c1-3-18-36-22-14-15-31-45-42-29-12-11-28-41(42)44(36)38-24-16-23-37(33-38)35-20-6-4-9-27-40-34(2)19-17-32-46(39-25-7-5-8-26-39)43(40)30-13-10-21-35/h3-18,20-33,45H,2,19H2,1H3/b6-4?,9-4-,13-10+,18-3-,20-6-,21-10?,22-14?,27-9?,30-13?,31-15?,35-20?,35-21-,40-27-,43-30+,44-36?. The molecule has 2 aliphatic rings. The molecule has 1 aliphatic heterocycles. The van der Waals surface area contributed by atoms with Gasteiger partial charge in [0.05, 0.1) is 5.70 Å². The molecule has 4 aromatic rings. The molecular formula is C44H38N2. The highest BCUT2D eigenvalue weighted by molar-refractivity contribution is 5.98. The van der Waals surface area contributed by atoms with Crippen molar-refractivity contribution in [3.8, 4) is 11.1 Å². The predicted molar refractivity (Wildman–Crippen MR) is 199 cm³/mol. The molecule has 0 amide bonds. The molecule has 0 bridgehead atoms. The summed E-state index contributed by atoms with van der Waals surface area (Å²) in [5.41, 5.74) is 11.2. The van der Waals surface area contributed by atoms with Crippen molar-refractivity contribution in [2.24, 2.45) is 0 Å². The van der Waals surface area contributed by atoms with Crippen molar-refractivity contribution in [2.75, 3.05) is 4.90 Å². The van der Waals surface area contributed by atoms with E-state index in [1.165, 1.54) is 5.56 Å². The molecule has 0 atom stereocenters. The van der Waals surface area contributed by atoms with Gasteiger partial charge in [0, 0.05) is 34.6 Å². The molecule has 0 saturated heterocycles. The van der Waals surface area contributed by atoms with Gasteiger partial charge in [0.2, 0.25) is 0 Å². The van der Waals surface area contributed by atoms with Crippen LogP contribution in [0.5, 0.6) is 0 Å². The van der Waals surface area contributed by atoms with Crippen LogP contribution in [0.4, 0.5) is 5.69 Å². The Morgan fingerprint density at radius 3 is 2.41 bits per heavy atom. The van der Waals surface area contributed by atoms with Gasteiger partial charge in [0.15, 0.2) is 0 Å². The van der Waals surface area contributed by atoms with Gasteiger partial charge in [0.25, 0.3) is 0 Å². The van der Waals surface area contributed by atoms with Gasteiger partial charge < -0.3 is 9.88 Å². The minimum absolute atomic E-state index is 0.805. The summed E-state index contributed by atoms with van der Waals surface area (Å²) in [6, 6.07) is 34.1. The molecule has 6 rings (SSSR count). The zero-order valence-corrected chi connectivity index (χ0v) is 26.2. The summed E-state index contributed by atoms with van der Waals surface area (Å²) in [5.74, 6) is 0.